The summed E-state index contributed by atoms with van der Waals surface area (Å²) >= 11 is 2.12. The van der Waals surface area contributed by atoms with E-state index in [2.05, 4.69) is 23.6 Å². The highest BCUT2D eigenvalue weighted by atomic mass is 32.2. The van der Waals surface area contributed by atoms with Gasteiger partial charge in [0.1, 0.15) is 0 Å². The minimum Gasteiger partial charge on any atom is -0.330 e. The van der Waals surface area contributed by atoms with Gasteiger partial charge in [0.25, 0.3) is 0 Å². The summed E-state index contributed by atoms with van der Waals surface area (Å²) in [6.45, 7) is 4.53. The predicted molar refractivity (Wildman–Crippen MR) is 68.3 cm³/mol. The van der Waals surface area contributed by atoms with Gasteiger partial charge >= 0.3 is 0 Å². The Balaban J connectivity index is 1.92. The quantitative estimate of drug-likeness (QED) is 0.783. The second-order valence-electron chi connectivity index (χ2n) is 5.07. The Morgan fingerprint density at radius 2 is 1.93 bits per heavy atom. The molecule has 2 fully saturated rings. The number of hydrogen-bond acceptors (Lipinski definition) is 3. The fourth-order valence-corrected chi connectivity index (χ4v) is 4.01. The molecule has 2 saturated heterocycles. The van der Waals surface area contributed by atoms with E-state index >= 15 is 0 Å². The highest BCUT2D eigenvalue weighted by Gasteiger charge is 2.30. The first-order valence-electron chi connectivity index (χ1n) is 6.35. The number of rotatable bonds is 2. The summed E-state index contributed by atoms with van der Waals surface area (Å²) in [6, 6.07) is 1.65. The summed E-state index contributed by atoms with van der Waals surface area (Å²) in [4.78, 5) is 2.75. The SMILES string of the molecule is CC1CCC(CN)CN1C1CCSCC1. The number of hydrogen-bond donors (Lipinski definition) is 1. The van der Waals surface area contributed by atoms with Gasteiger partial charge in [0, 0.05) is 18.6 Å². The van der Waals surface area contributed by atoms with Crippen LogP contribution in [0.4, 0.5) is 0 Å². The molecule has 0 saturated carbocycles. The van der Waals surface area contributed by atoms with Crippen molar-refractivity contribution in [2.24, 2.45) is 11.7 Å². The summed E-state index contributed by atoms with van der Waals surface area (Å²) < 4.78 is 0. The Morgan fingerprint density at radius 3 is 2.60 bits per heavy atom. The van der Waals surface area contributed by atoms with Crippen LogP contribution in [0.5, 0.6) is 0 Å². The number of nitrogens with two attached hydrogens (primary N) is 1. The van der Waals surface area contributed by atoms with Crippen LogP contribution in [0.15, 0.2) is 0 Å². The van der Waals surface area contributed by atoms with Crippen LogP contribution in [0.3, 0.4) is 0 Å². The first-order valence-corrected chi connectivity index (χ1v) is 7.50. The van der Waals surface area contributed by atoms with Gasteiger partial charge in [-0.05, 0) is 56.6 Å². The molecule has 2 aliphatic rings. The van der Waals surface area contributed by atoms with Crippen molar-refractivity contribution in [3.63, 3.8) is 0 Å². The third-order valence-corrected chi connectivity index (χ3v) is 5.07. The Labute approximate surface area is 98.0 Å². The van der Waals surface area contributed by atoms with Crippen LogP contribution >= 0.6 is 11.8 Å². The van der Waals surface area contributed by atoms with Crippen LogP contribution < -0.4 is 5.73 Å². The summed E-state index contributed by atoms with van der Waals surface area (Å²) in [5.41, 5.74) is 5.81. The lowest BCUT2D eigenvalue weighted by molar-refractivity contribution is 0.0695. The predicted octanol–water partition coefficient (Wildman–Crippen LogP) is 1.94. The van der Waals surface area contributed by atoms with E-state index in [1.54, 1.807) is 0 Å². The molecular weight excluding hydrogens is 204 g/mol. The lowest BCUT2D eigenvalue weighted by atomic mass is 9.91. The van der Waals surface area contributed by atoms with Gasteiger partial charge in [-0.1, -0.05) is 0 Å². The fraction of sp³-hybridized carbons (Fsp3) is 1.00. The summed E-state index contributed by atoms with van der Waals surface area (Å²) in [6.07, 6.45) is 5.49. The second-order valence-corrected chi connectivity index (χ2v) is 6.29. The van der Waals surface area contributed by atoms with Crippen molar-refractivity contribution < 1.29 is 0 Å². The second kappa shape index (κ2) is 5.55. The smallest absolute Gasteiger partial charge is 0.0114 e. The van der Waals surface area contributed by atoms with Gasteiger partial charge in [-0.25, -0.2) is 0 Å². The molecule has 0 aromatic rings. The van der Waals surface area contributed by atoms with Gasteiger partial charge in [0.2, 0.25) is 0 Å². The van der Waals surface area contributed by atoms with Gasteiger partial charge in [-0.15, -0.1) is 0 Å². The van der Waals surface area contributed by atoms with Crippen molar-refractivity contribution in [1.82, 2.24) is 4.90 Å². The summed E-state index contributed by atoms with van der Waals surface area (Å²) in [5.74, 6) is 3.48. The molecule has 2 N–H and O–H groups in total. The molecule has 0 aromatic heterocycles. The van der Waals surface area contributed by atoms with Crippen molar-refractivity contribution in [3.8, 4) is 0 Å². The van der Waals surface area contributed by atoms with Gasteiger partial charge in [-0.2, -0.15) is 11.8 Å². The number of thioether (sulfide) groups is 1. The number of likely N-dealkylation sites (tertiary alicyclic amines) is 1. The van der Waals surface area contributed by atoms with Crippen LogP contribution in [0.2, 0.25) is 0 Å². The summed E-state index contributed by atoms with van der Waals surface area (Å²) in [5, 5.41) is 0. The third kappa shape index (κ3) is 2.89. The molecule has 88 valence electrons. The largest absolute Gasteiger partial charge is 0.330 e. The van der Waals surface area contributed by atoms with Gasteiger partial charge in [0.05, 0.1) is 0 Å². The van der Waals surface area contributed by atoms with E-state index in [0.29, 0.717) is 0 Å². The molecule has 2 atom stereocenters. The minimum absolute atomic E-state index is 0.760. The average Bonchev–Trinajstić information content (AvgIpc) is 2.31. The van der Waals surface area contributed by atoms with E-state index < -0.39 is 0 Å². The molecule has 15 heavy (non-hydrogen) atoms. The van der Waals surface area contributed by atoms with Crippen LogP contribution in [-0.2, 0) is 0 Å². The van der Waals surface area contributed by atoms with Gasteiger partial charge < -0.3 is 5.73 Å². The minimum atomic E-state index is 0.760. The van der Waals surface area contributed by atoms with E-state index in [9.17, 15) is 0 Å². The van der Waals surface area contributed by atoms with E-state index in [1.807, 2.05) is 0 Å². The first-order chi connectivity index (χ1) is 7.31. The van der Waals surface area contributed by atoms with Crippen molar-refractivity contribution in [1.29, 1.82) is 0 Å². The van der Waals surface area contributed by atoms with Crippen molar-refractivity contribution >= 4 is 11.8 Å². The van der Waals surface area contributed by atoms with Crippen LogP contribution in [0.1, 0.15) is 32.6 Å². The maximum absolute atomic E-state index is 5.81. The molecule has 0 spiro atoms. The molecule has 2 nitrogen and oxygen atoms in total. The highest BCUT2D eigenvalue weighted by Crippen LogP contribution is 2.29. The number of nitrogens with zero attached hydrogens (tertiary/aromatic N) is 1. The first kappa shape index (κ1) is 11.7. The zero-order valence-electron chi connectivity index (χ0n) is 9.82. The van der Waals surface area contributed by atoms with Crippen LogP contribution in [0, 0.1) is 5.92 Å². The highest BCUT2D eigenvalue weighted by molar-refractivity contribution is 7.99. The zero-order valence-corrected chi connectivity index (χ0v) is 10.6. The van der Waals surface area contributed by atoms with E-state index in [1.165, 1.54) is 43.7 Å². The lowest BCUT2D eigenvalue weighted by Crippen LogP contribution is -2.50. The molecule has 0 amide bonds. The Hall–Kier alpha value is 0.270. The molecule has 0 aromatic carbocycles. The third-order valence-electron chi connectivity index (χ3n) is 4.02. The molecular formula is C12H24N2S. The zero-order chi connectivity index (χ0) is 10.7. The normalized spacial score (nSPS) is 35.6. The van der Waals surface area contributed by atoms with Crippen LogP contribution in [0.25, 0.3) is 0 Å². The average molecular weight is 228 g/mol. The molecule has 0 radical (unpaired) electrons. The number of piperidine rings is 1. The van der Waals surface area contributed by atoms with Crippen molar-refractivity contribution in [2.75, 3.05) is 24.6 Å². The van der Waals surface area contributed by atoms with Gasteiger partial charge in [-0.3, -0.25) is 4.90 Å². The Bertz CT molecular complexity index is 192. The van der Waals surface area contributed by atoms with Gasteiger partial charge in [0.15, 0.2) is 0 Å². The van der Waals surface area contributed by atoms with E-state index in [-0.39, 0.29) is 0 Å². The lowest BCUT2D eigenvalue weighted by Gasteiger charge is -2.44. The monoisotopic (exact) mass is 228 g/mol. The van der Waals surface area contributed by atoms with Crippen molar-refractivity contribution in [2.45, 2.75) is 44.7 Å². The molecule has 2 aliphatic heterocycles. The Kier molecular flexibility index (Phi) is 4.35. The molecule has 2 unspecified atom stereocenters. The molecule has 0 aliphatic carbocycles. The molecule has 2 rings (SSSR count). The topological polar surface area (TPSA) is 29.3 Å². The van der Waals surface area contributed by atoms with Crippen LogP contribution in [-0.4, -0.2) is 41.6 Å². The van der Waals surface area contributed by atoms with E-state index in [0.717, 1.165) is 24.5 Å². The standard InChI is InChI=1S/C12H24N2S/c1-10-2-3-11(8-13)9-14(10)12-4-6-15-7-5-12/h10-12H,2-9,13H2,1H3. The maximum Gasteiger partial charge on any atom is 0.0114 e. The maximum atomic E-state index is 5.81. The van der Waals surface area contributed by atoms with E-state index in [4.69, 9.17) is 5.73 Å². The van der Waals surface area contributed by atoms with Crippen molar-refractivity contribution in [3.05, 3.63) is 0 Å². The molecule has 3 heteroatoms. The molecule has 0 bridgehead atoms. The summed E-state index contributed by atoms with van der Waals surface area (Å²) in [7, 11) is 0. The Morgan fingerprint density at radius 1 is 1.20 bits per heavy atom. The fourth-order valence-electron chi connectivity index (χ4n) is 2.93. The molecule has 2 heterocycles.